The predicted octanol–water partition coefficient (Wildman–Crippen LogP) is 6.69. The molecule has 1 amide bonds. The lowest BCUT2D eigenvalue weighted by Crippen LogP contribution is -2.15. The molecule has 3 heterocycles. The summed E-state index contributed by atoms with van der Waals surface area (Å²) in [7, 11) is 0. The van der Waals surface area contributed by atoms with Crippen molar-refractivity contribution in [3.63, 3.8) is 0 Å². The first-order valence-corrected chi connectivity index (χ1v) is 12.1. The molecule has 0 spiro atoms. The van der Waals surface area contributed by atoms with Gasteiger partial charge in [0.1, 0.15) is 0 Å². The van der Waals surface area contributed by atoms with Gasteiger partial charge >= 0.3 is 6.18 Å². The Morgan fingerprint density at radius 1 is 1.08 bits per heavy atom. The lowest BCUT2D eigenvalue weighted by molar-refractivity contribution is -0.142. The largest absolute Gasteiger partial charge is 0.433 e. The Hall–Kier alpha value is -4.18. The summed E-state index contributed by atoms with van der Waals surface area (Å²) in [5, 5.41) is 11.3. The van der Waals surface area contributed by atoms with Gasteiger partial charge in [0.25, 0.3) is 5.91 Å². The van der Waals surface area contributed by atoms with E-state index in [1.54, 1.807) is 35.1 Å². The summed E-state index contributed by atoms with van der Waals surface area (Å²) in [6.45, 7) is 4.49. The molecule has 11 heteroatoms. The Bertz CT molecular complexity index is 1620. The number of anilines is 1. The van der Waals surface area contributed by atoms with Crippen molar-refractivity contribution in [1.82, 2.24) is 24.4 Å². The molecule has 1 N–H and O–H groups in total. The minimum absolute atomic E-state index is 0.0930. The predicted molar refractivity (Wildman–Crippen MR) is 138 cm³/mol. The number of hydrogen-bond donors (Lipinski definition) is 1. The maximum atomic E-state index is 13.9. The number of nitrogens with zero attached hydrogens (tertiary/aromatic N) is 5. The van der Waals surface area contributed by atoms with Gasteiger partial charge in [0, 0.05) is 22.8 Å². The van der Waals surface area contributed by atoms with Gasteiger partial charge < -0.3 is 5.32 Å². The molecular formula is C27H22ClF3N6O. The second-order valence-electron chi connectivity index (χ2n) is 9.11. The number of nitrogens with one attached hydrogen (secondary N) is 1. The Balaban J connectivity index is 1.42. The number of alkyl halides is 3. The molecule has 0 saturated carbocycles. The molecule has 5 aromatic rings. The highest BCUT2D eigenvalue weighted by Crippen LogP contribution is 2.33. The van der Waals surface area contributed by atoms with Gasteiger partial charge in [0.2, 0.25) is 0 Å². The van der Waals surface area contributed by atoms with Crippen LogP contribution in [0.3, 0.4) is 0 Å². The van der Waals surface area contributed by atoms with E-state index in [-0.39, 0.29) is 23.0 Å². The van der Waals surface area contributed by atoms with Crippen molar-refractivity contribution in [2.45, 2.75) is 32.5 Å². The van der Waals surface area contributed by atoms with E-state index in [2.05, 4.69) is 20.5 Å². The Kier molecular flexibility index (Phi) is 6.66. The number of rotatable bonds is 6. The van der Waals surface area contributed by atoms with Crippen LogP contribution in [0.5, 0.6) is 0 Å². The van der Waals surface area contributed by atoms with Gasteiger partial charge in [-0.25, -0.2) is 9.50 Å². The molecule has 7 nitrogen and oxygen atoms in total. The Morgan fingerprint density at radius 3 is 2.53 bits per heavy atom. The van der Waals surface area contributed by atoms with E-state index in [4.69, 9.17) is 11.6 Å². The summed E-state index contributed by atoms with van der Waals surface area (Å²) in [6, 6.07) is 16.6. The zero-order valence-electron chi connectivity index (χ0n) is 20.4. The number of carbonyl (C=O) groups is 1. The normalized spacial score (nSPS) is 11.9. The van der Waals surface area contributed by atoms with Gasteiger partial charge in [0.15, 0.2) is 17.0 Å². The zero-order chi connectivity index (χ0) is 27.0. The highest BCUT2D eigenvalue weighted by Gasteiger charge is 2.35. The van der Waals surface area contributed by atoms with Gasteiger partial charge in [-0.05, 0) is 35.2 Å². The van der Waals surface area contributed by atoms with E-state index in [1.807, 2.05) is 38.1 Å². The molecule has 0 radical (unpaired) electrons. The van der Waals surface area contributed by atoms with Crippen LogP contribution in [0.4, 0.5) is 18.9 Å². The molecular weight excluding hydrogens is 517 g/mol. The van der Waals surface area contributed by atoms with Crippen LogP contribution in [-0.2, 0) is 12.7 Å². The topological polar surface area (TPSA) is 77.1 Å². The maximum absolute atomic E-state index is 13.9. The van der Waals surface area contributed by atoms with E-state index in [9.17, 15) is 18.0 Å². The SMILES string of the molecule is CC(C)c1ccc(-c2cc(C(F)(F)F)n3nc(C(=O)Nc4cnn(Cc5cccc(Cl)c5)c4)cc3n2)cc1. The summed E-state index contributed by atoms with van der Waals surface area (Å²) >= 11 is 6.02. The molecule has 0 bridgehead atoms. The molecule has 194 valence electrons. The fourth-order valence-electron chi connectivity index (χ4n) is 4.01. The molecule has 0 saturated heterocycles. The van der Waals surface area contributed by atoms with Crippen LogP contribution in [0, 0.1) is 0 Å². The lowest BCUT2D eigenvalue weighted by atomic mass is 10.0. The molecule has 0 aliphatic carbocycles. The minimum Gasteiger partial charge on any atom is -0.318 e. The van der Waals surface area contributed by atoms with Crippen LogP contribution >= 0.6 is 11.6 Å². The van der Waals surface area contributed by atoms with Crippen LogP contribution in [0.2, 0.25) is 5.02 Å². The highest BCUT2D eigenvalue weighted by molar-refractivity contribution is 6.30. The van der Waals surface area contributed by atoms with Crippen molar-refractivity contribution in [2.75, 3.05) is 5.32 Å². The number of halogens is 4. The van der Waals surface area contributed by atoms with Crippen molar-refractivity contribution in [1.29, 1.82) is 0 Å². The summed E-state index contributed by atoms with van der Waals surface area (Å²) < 4.78 is 44.1. The average Bonchev–Trinajstić information content (AvgIpc) is 3.49. The smallest absolute Gasteiger partial charge is 0.318 e. The Morgan fingerprint density at radius 2 is 1.84 bits per heavy atom. The summed E-state index contributed by atoms with van der Waals surface area (Å²) in [4.78, 5) is 17.2. The van der Waals surface area contributed by atoms with Gasteiger partial charge in [0.05, 0.1) is 24.1 Å². The lowest BCUT2D eigenvalue weighted by Gasteiger charge is -2.11. The van der Waals surface area contributed by atoms with Crippen LogP contribution < -0.4 is 5.32 Å². The number of benzene rings is 2. The van der Waals surface area contributed by atoms with E-state index in [0.29, 0.717) is 27.3 Å². The van der Waals surface area contributed by atoms with Crippen molar-refractivity contribution >= 4 is 28.8 Å². The first-order chi connectivity index (χ1) is 18.1. The Labute approximate surface area is 220 Å². The van der Waals surface area contributed by atoms with E-state index in [1.165, 1.54) is 12.3 Å². The molecule has 0 aliphatic heterocycles. The monoisotopic (exact) mass is 538 g/mol. The number of aromatic nitrogens is 5. The van der Waals surface area contributed by atoms with Crippen LogP contribution in [0.15, 0.2) is 73.1 Å². The third-order valence-electron chi connectivity index (χ3n) is 5.95. The van der Waals surface area contributed by atoms with Gasteiger partial charge in [-0.3, -0.25) is 9.48 Å². The summed E-state index contributed by atoms with van der Waals surface area (Å²) in [5.41, 5.74) is 1.67. The molecule has 0 atom stereocenters. The second-order valence-corrected chi connectivity index (χ2v) is 9.55. The van der Waals surface area contributed by atoms with E-state index >= 15 is 0 Å². The summed E-state index contributed by atoms with van der Waals surface area (Å²) in [5.74, 6) is -0.404. The van der Waals surface area contributed by atoms with E-state index < -0.39 is 17.8 Å². The molecule has 3 aromatic heterocycles. The highest BCUT2D eigenvalue weighted by atomic mass is 35.5. The van der Waals surface area contributed by atoms with Crippen LogP contribution in [0.25, 0.3) is 16.9 Å². The number of fused-ring (bicyclic) bond motifs is 1. The first-order valence-electron chi connectivity index (χ1n) is 11.7. The number of amides is 1. The zero-order valence-corrected chi connectivity index (χ0v) is 21.1. The fourth-order valence-corrected chi connectivity index (χ4v) is 4.22. The minimum atomic E-state index is -4.71. The van der Waals surface area contributed by atoms with Crippen molar-refractivity contribution in [3.05, 3.63) is 101 Å². The van der Waals surface area contributed by atoms with Crippen LogP contribution in [-0.4, -0.2) is 30.3 Å². The quantitative estimate of drug-likeness (QED) is 0.261. The van der Waals surface area contributed by atoms with Crippen LogP contribution in [0.1, 0.15) is 47.1 Å². The maximum Gasteiger partial charge on any atom is 0.433 e. The fraction of sp³-hybridized carbons (Fsp3) is 0.185. The van der Waals surface area contributed by atoms with Crippen molar-refractivity contribution in [3.8, 4) is 11.3 Å². The van der Waals surface area contributed by atoms with E-state index in [0.717, 1.165) is 17.2 Å². The molecule has 5 rings (SSSR count). The first kappa shape index (κ1) is 25.5. The molecule has 38 heavy (non-hydrogen) atoms. The van der Waals surface area contributed by atoms with Gasteiger partial charge in [-0.2, -0.15) is 23.4 Å². The summed E-state index contributed by atoms with van der Waals surface area (Å²) in [6.07, 6.45) is -1.67. The average molecular weight is 539 g/mol. The third-order valence-corrected chi connectivity index (χ3v) is 6.18. The molecule has 0 aliphatic rings. The molecule has 0 fully saturated rings. The number of hydrogen-bond acceptors (Lipinski definition) is 4. The second kappa shape index (κ2) is 9.94. The molecule has 0 unspecified atom stereocenters. The third kappa shape index (κ3) is 5.40. The van der Waals surface area contributed by atoms with Gasteiger partial charge in [-0.15, -0.1) is 0 Å². The van der Waals surface area contributed by atoms with Crippen molar-refractivity contribution in [2.24, 2.45) is 0 Å². The van der Waals surface area contributed by atoms with Gasteiger partial charge in [-0.1, -0.05) is 61.8 Å². The standard InChI is InChI=1S/C27H22ClF3N6O/c1-16(2)18-6-8-19(9-7-18)22-11-24(27(29,30)31)37-25(34-22)12-23(35-37)26(38)33-21-13-32-36(15-21)14-17-4-3-5-20(28)10-17/h3-13,15-16H,14H2,1-2H3,(H,33,38). The van der Waals surface area contributed by atoms with Crippen molar-refractivity contribution < 1.29 is 18.0 Å². The molecule has 2 aromatic carbocycles. The number of carbonyl (C=O) groups excluding carboxylic acids is 1.